The van der Waals surface area contributed by atoms with Crippen LogP contribution >= 0.6 is 11.3 Å². The van der Waals surface area contributed by atoms with E-state index in [9.17, 15) is 0 Å². The first kappa shape index (κ1) is 46.0. The highest BCUT2D eigenvalue weighted by Crippen LogP contribution is 2.57. The zero-order valence-electron chi connectivity index (χ0n) is 44.9. The first-order chi connectivity index (χ1) is 34.6. The van der Waals surface area contributed by atoms with Gasteiger partial charge in [-0.3, -0.25) is 0 Å². The molecule has 0 amide bonds. The molecule has 0 atom stereocenters. The van der Waals surface area contributed by atoms with Gasteiger partial charge in [-0.25, -0.2) is 0 Å². The van der Waals surface area contributed by atoms with Gasteiger partial charge in [0.05, 0.1) is 22.7 Å². The van der Waals surface area contributed by atoms with E-state index in [0.29, 0.717) is 0 Å². The first-order valence-electron chi connectivity index (χ1n) is 26.5. The molecule has 13 rings (SSSR count). The van der Waals surface area contributed by atoms with Crippen LogP contribution in [0.25, 0.3) is 21.2 Å². The Morgan fingerprint density at radius 2 is 0.877 bits per heavy atom. The number of hydrogen-bond donors (Lipinski definition) is 0. The standard InChI is InChI=1S/C68H66BN3S/c1-64(2,3)41-26-31-44(32-27-41)70-57-35-30-43(66(7,8)9)36-54(57)69-61-58(70)37-46(71-55-24-18-16-22-51(55)68(12,13)52-23-17-19-25-56(52)71)38-59(61)72(45-33-28-42(29-34-45)65(4,5)6)62-49-39-48-47-20-14-15-21-50(47)67(10,11)53(48)40-60(49)73-63(62)69/h14-40H,1-13H3. The van der Waals surface area contributed by atoms with Crippen molar-refractivity contribution in [2.24, 2.45) is 0 Å². The predicted molar refractivity (Wildman–Crippen MR) is 316 cm³/mol. The minimum absolute atomic E-state index is 0.00588. The monoisotopic (exact) mass is 968 g/mol. The molecule has 0 unspecified atom stereocenters. The topological polar surface area (TPSA) is 9.72 Å². The Morgan fingerprint density at radius 3 is 1.45 bits per heavy atom. The van der Waals surface area contributed by atoms with Gasteiger partial charge in [0, 0.05) is 54.1 Å². The number of benzene rings is 8. The molecular weight excluding hydrogens is 902 g/mol. The molecule has 3 aliphatic heterocycles. The Kier molecular flexibility index (Phi) is 9.69. The fourth-order valence-electron chi connectivity index (χ4n) is 13.0. The predicted octanol–water partition coefficient (Wildman–Crippen LogP) is 17.3. The van der Waals surface area contributed by atoms with Gasteiger partial charge in [-0.1, -0.05) is 187 Å². The highest BCUT2D eigenvalue weighted by molar-refractivity contribution is 7.33. The van der Waals surface area contributed by atoms with Crippen LogP contribution in [0.4, 0.5) is 51.2 Å². The van der Waals surface area contributed by atoms with E-state index < -0.39 is 0 Å². The Labute approximate surface area is 438 Å². The lowest BCUT2D eigenvalue weighted by Gasteiger charge is -2.46. The second kappa shape index (κ2) is 15.4. The third kappa shape index (κ3) is 6.69. The fourth-order valence-corrected chi connectivity index (χ4v) is 14.3. The molecule has 362 valence electrons. The van der Waals surface area contributed by atoms with Crippen LogP contribution in [0.5, 0.6) is 0 Å². The molecule has 0 radical (unpaired) electrons. The van der Waals surface area contributed by atoms with Gasteiger partial charge in [0.1, 0.15) is 0 Å². The molecule has 0 spiro atoms. The summed E-state index contributed by atoms with van der Waals surface area (Å²) in [6, 6.07) is 63.9. The number of para-hydroxylation sites is 2. The molecule has 1 aromatic heterocycles. The molecule has 0 bridgehead atoms. The van der Waals surface area contributed by atoms with Crippen LogP contribution < -0.4 is 30.4 Å². The molecule has 0 N–H and O–H groups in total. The minimum Gasteiger partial charge on any atom is -0.311 e. The Morgan fingerprint density at radius 1 is 0.397 bits per heavy atom. The lowest BCUT2D eigenvalue weighted by Crippen LogP contribution is -2.60. The summed E-state index contributed by atoms with van der Waals surface area (Å²) in [6.07, 6.45) is 0. The maximum Gasteiger partial charge on any atom is 0.264 e. The largest absolute Gasteiger partial charge is 0.311 e. The van der Waals surface area contributed by atoms with Gasteiger partial charge in [-0.2, -0.15) is 0 Å². The van der Waals surface area contributed by atoms with Crippen LogP contribution in [-0.4, -0.2) is 6.71 Å². The second-order valence-corrected chi connectivity index (χ2v) is 26.6. The molecule has 4 heterocycles. The molecule has 4 aliphatic rings. The van der Waals surface area contributed by atoms with Crippen LogP contribution in [0.2, 0.25) is 0 Å². The molecule has 5 heteroatoms. The Bertz CT molecular complexity index is 3710. The van der Waals surface area contributed by atoms with E-state index in [1.54, 1.807) is 0 Å². The van der Waals surface area contributed by atoms with Crippen molar-refractivity contribution in [1.82, 2.24) is 0 Å². The van der Waals surface area contributed by atoms with Gasteiger partial charge >= 0.3 is 0 Å². The Hall–Kier alpha value is -6.82. The van der Waals surface area contributed by atoms with Crippen LogP contribution in [0.3, 0.4) is 0 Å². The molecular formula is C68H66BN3S. The molecule has 9 aromatic rings. The van der Waals surface area contributed by atoms with Crippen molar-refractivity contribution in [1.29, 1.82) is 0 Å². The second-order valence-electron chi connectivity index (χ2n) is 25.5. The fraction of sp³-hybridized carbons (Fsp3) is 0.265. The average Bonchev–Trinajstić information content (AvgIpc) is 3.84. The van der Waals surface area contributed by atoms with Crippen molar-refractivity contribution in [3.8, 4) is 11.1 Å². The van der Waals surface area contributed by atoms with Gasteiger partial charge < -0.3 is 14.7 Å². The SMILES string of the molecule is CC(C)(C)c1ccc(N2c3ccc(C(C)(C)C)cc3B3c4sc5cc6c(cc5c4N(c4ccc(C(C)(C)C)cc4)c4cc(N5c7ccccc7C(C)(C)c7ccccc75)cc2c43)-c2ccccc2C6(C)C)cc1. The zero-order chi connectivity index (χ0) is 50.9. The van der Waals surface area contributed by atoms with E-state index in [0.717, 1.165) is 11.4 Å². The number of rotatable bonds is 3. The number of hydrogen-bond acceptors (Lipinski definition) is 4. The van der Waals surface area contributed by atoms with Crippen molar-refractivity contribution < 1.29 is 0 Å². The summed E-state index contributed by atoms with van der Waals surface area (Å²) < 4.78 is 2.74. The number of fused-ring (bicyclic) bond motifs is 11. The molecule has 73 heavy (non-hydrogen) atoms. The minimum atomic E-state index is -0.194. The average molecular weight is 968 g/mol. The Balaban J connectivity index is 1.18. The molecule has 3 nitrogen and oxygen atoms in total. The summed E-state index contributed by atoms with van der Waals surface area (Å²) in [5.74, 6) is 0. The van der Waals surface area contributed by atoms with Crippen molar-refractivity contribution in [2.45, 2.75) is 117 Å². The first-order valence-corrected chi connectivity index (χ1v) is 27.3. The smallest absolute Gasteiger partial charge is 0.264 e. The normalized spacial score (nSPS) is 15.8. The summed E-state index contributed by atoms with van der Waals surface area (Å²) in [6.45, 7) is 30.5. The third-order valence-electron chi connectivity index (χ3n) is 17.1. The van der Waals surface area contributed by atoms with Crippen molar-refractivity contribution in [2.75, 3.05) is 14.7 Å². The van der Waals surface area contributed by atoms with Crippen molar-refractivity contribution in [3.05, 3.63) is 203 Å². The van der Waals surface area contributed by atoms with Crippen LogP contribution in [0.1, 0.15) is 129 Å². The highest BCUT2D eigenvalue weighted by Gasteiger charge is 2.48. The van der Waals surface area contributed by atoms with E-state index in [-0.39, 0.29) is 33.8 Å². The van der Waals surface area contributed by atoms with Crippen LogP contribution in [0, 0.1) is 0 Å². The molecule has 1 aliphatic carbocycles. The van der Waals surface area contributed by atoms with Crippen LogP contribution in [-0.2, 0) is 27.1 Å². The number of thiophene rings is 1. The van der Waals surface area contributed by atoms with Gasteiger partial charge in [0.2, 0.25) is 0 Å². The van der Waals surface area contributed by atoms with Crippen molar-refractivity contribution in [3.63, 3.8) is 0 Å². The number of anilines is 9. The summed E-state index contributed by atoms with van der Waals surface area (Å²) in [5.41, 5.74) is 25.4. The lowest BCUT2D eigenvalue weighted by atomic mass is 9.36. The molecule has 0 saturated carbocycles. The zero-order valence-corrected chi connectivity index (χ0v) is 45.7. The molecule has 0 saturated heterocycles. The van der Waals surface area contributed by atoms with Gasteiger partial charge in [0.25, 0.3) is 6.71 Å². The maximum absolute atomic E-state index is 2.67. The van der Waals surface area contributed by atoms with Gasteiger partial charge in [-0.05, 0) is 144 Å². The highest BCUT2D eigenvalue weighted by atomic mass is 32.1. The van der Waals surface area contributed by atoms with Gasteiger partial charge in [-0.15, -0.1) is 11.3 Å². The van der Waals surface area contributed by atoms with Gasteiger partial charge in [0.15, 0.2) is 0 Å². The van der Waals surface area contributed by atoms with E-state index in [2.05, 4.69) is 269 Å². The van der Waals surface area contributed by atoms with Crippen LogP contribution in [0.15, 0.2) is 164 Å². The summed E-state index contributed by atoms with van der Waals surface area (Å²) in [4.78, 5) is 7.84. The van der Waals surface area contributed by atoms with Crippen molar-refractivity contribution >= 4 is 95.0 Å². The summed E-state index contributed by atoms with van der Waals surface area (Å²) in [5, 5.41) is 1.31. The van der Waals surface area contributed by atoms with E-state index >= 15 is 0 Å². The third-order valence-corrected chi connectivity index (χ3v) is 18.3. The summed E-state index contributed by atoms with van der Waals surface area (Å²) >= 11 is 2.01. The maximum atomic E-state index is 2.67. The van der Waals surface area contributed by atoms with E-state index in [1.165, 1.54) is 116 Å². The molecule has 0 fully saturated rings. The van der Waals surface area contributed by atoms with E-state index in [1.807, 2.05) is 11.3 Å². The number of nitrogens with zero attached hydrogens (tertiary/aromatic N) is 3. The summed E-state index contributed by atoms with van der Waals surface area (Å²) in [7, 11) is 0. The molecule has 8 aromatic carbocycles. The van der Waals surface area contributed by atoms with E-state index in [4.69, 9.17) is 0 Å². The lowest BCUT2D eigenvalue weighted by molar-refractivity contribution is 0.590. The quantitative estimate of drug-likeness (QED) is 0.163.